The SMILES string of the molecule is CCn1ccnc(NCCC(C)(O)c2ccccc2)c1=O. The van der Waals surface area contributed by atoms with Crippen molar-refractivity contribution in [2.75, 3.05) is 11.9 Å². The lowest BCUT2D eigenvalue weighted by atomic mass is 9.93. The number of rotatable bonds is 6. The number of aromatic nitrogens is 2. The van der Waals surface area contributed by atoms with Crippen LogP contribution in [0.3, 0.4) is 0 Å². The van der Waals surface area contributed by atoms with Gasteiger partial charge in [-0.3, -0.25) is 4.79 Å². The van der Waals surface area contributed by atoms with E-state index in [0.717, 1.165) is 5.56 Å². The predicted octanol–water partition coefficient (Wildman–Crippen LogP) is 1.97. The Hall–Kier alpha value is -2.14. The Morgan fingerprint density at radius 1 is 1.33 bits per heavy atom. The molecule has 0 radical (unpaired) electrons. The van der Waals surface area contributed by atoms with Gasteiger partial charge in [0.15, 0.2) is 5.82 Å². The van der Waals surface area contributed by atoms with E-state index in [1.165, 1.54) is 0 Å². The van der Waals surface area contributed by atoms with Crippen LogP contribution < -0.4 is 10.9 Å². The molecule has 0 aliphatic heterocycles. The van der Waals surface area contributed by atoms with Crippen molar-refractivity contribution >= 4 is 5.82 Å². The molecule has 5 heteroatoms. The van der Waals surface area contributed by atoms with E-state index in [-0.39, 0.29) is 5.56 Å². The van der Waals surface area contributed by atoms with Crippen LogP contribution in [0, 0.1) is 0 Å². The fourth-order valence-corrected chi connectivity index (χ4v) is 2.18. The Morgan fingerprint density at radius 3 is 2.71 bits per heavy atom. The van der Waals surface area contributed by atoms with E-state index in [2.05, 4.69) is 10.3 Å². The molecule has 5 nitrogen and oxygen atoms in total. The summed E-state index contributed by atoms with van der Waals surface area (Å²) in [4.78, 5) is 16.1. The summed E-state index contributed by atoms with van der Waals surface area (Å²) in [5.74, 6) is 0.322. The summed E-state index contributed by atoms with van der Waals surface area (Å²) in [5, 5.41) is 13.5. The van der Waals surface area contributed by atoms with Gasteiger partial charge in [-0.2, -0.15) is 0 Å². The highest BCUT2D eigenvalue weighted by atomic mass is 16.3. The van der Waals surface area contributed by atoms with Crippen molar-refractivity contribution in [1.29, 1.82) is 0 Å². The second-order valence-electron chi connectivity index (χ2n) is 5.18. The fourth-order valence-electron chi connectivity index (χ4n) is 2.18. The second kappa shape index (κ2) is 6.54. The largest absolute Gasteiger partial charge is 0.385 e. The van der Waals surface area contributed by atoms with E-state index in [0.29, 0.717) is 25.3 Å². The lowest BCUT2D eigenvalue weighted by Crippen LogP contribution is -2.28. The van der Waals surface area contributed by atoms with Gasteiger partial charge in [0.1, 0.15) is 0 Å². The highest BCUT2D eigenvalue weighted by molar-refractivity contribution is 5.31. The summed E-state index contributed by atoms with van der Waals surface area (Å²) >= 11 is 0. The number of nitrogens with one attached hydrogen (secondary N) is 1. The molecule has 2 rings (SSSR count). The lowest BCUT2D eigenvalue weighted by molar-refractivity contribution is 0.0515. The van der Waals surface area contributed by atoms with Gasteiger partial charge in [0.2, 0.25) is 0 Å². The maximum absolute atomic E-state index is 12.0. The van der Waals surface area contributed by atoms with Crippen LogP contribution in [-0.4, -0.2) is 21.2 Å². The molecule has 0 amide bonds. The summed E-state index contributed by atoms with van der Waals surface area (Å²) in [6.45, 7) is 4.76. The molecule has 21 heavy (non-hydrogen) atoms. The van der Waals surface area contributed by atoms with Crippen molar-refractivity contribution in [3.8, 4) is 0 Å². The Kier molecular flexibility index (Phi) is 4.75. The molecule has 0 spiro atoms. The number of benzene rings is 1. The molecule has 2 aromatic rings. The molecule has 0 bridgehead atoms. The molecular formula is C16H21N3O2. The summed E-state index contributed by atoms with van der Waals surface area (Å²) in [6, 6.07) is 9.50. The average molecular weight is 287 g/mol. The number of anilines is 1. The van der Waals surface area contributed by atoms with E-state index >= 15 is 0 Å². The Labute approximate surface area is 124 Å². The third-order valence-corrected chi connectivity index (χ3v) is 3.55. The third kappa shape index (κ3) is 3.70. The Morgan fingerprint density at radius 2 is 2.05 bits per heavy atom. The standard InChI is InChI=1S/C16H21N3O2/c1-3-19-12-11-18-14(15(19)20)17-10-9-16(2,21)13-7-5-4-6-8-13/h4-8,11-12,21H,3,9-10H2,1-2H3,(H,17,18). The van der Waals surface area contributed by atoms with Gasteiger partial charge in [0.05, 0.1) is 5.60 Å². The van der Waals surface area contributed by atoms with E-state index in [9.17, 15) is 9.90 Å². The number of hydrogen-bond acceptors (Lipinski definition) is 4. The van der Waals surface area contributed by atoms with E-state index in [1.54, 1.807) is 23.9 Å². The molecular weight excluding hydrogens is 266 g/mol. The van der Waals surface area contributed by atoms with Crippen LogP contribution in [0.5, 0.6) is 0 Å². The molecule has 0 saturated heterocycles. The quantitative estimate of drug-likeness (QED) is 0.852. The summed E-state index contributed by atoms with van der Waals surface area (Å²) < 4.78 is 1.59. The number of hydrogen-bond donors (Lipinski definition) is 2. The van der Waals surface area contributed by atoms with Gasteiger partial charge < -0.3 is 15.0 Å². The topological polar surface area (TPSA) is 67.2 Å². The molecule has 1 aromatic heterocycles. The van der Waals surface area contributed by atoms with Crippen LogP contribution in [0.2, 0.25) is 0 Å². The van der Waals surface area contributed by atoms with Gasteiger partial charge >= 0.3 is 0 Å². The Balaban J connectivity index is 2.00. The first kappa shape index (κ1) is 15.3. The van der Waals surface area contributed by atoms with Crippen molar-refractivity contribution in [3.63, 3.8) is 0 Å². The van der Waals surface area contributed by atoms with Crippen LogP contribution in [0.15, 0.2) is 47.5 Å². The third-order valence-electron chi connectivity index (χ3n) is 3.55. The van der Waals surface area contributed by atoms with Crippen molar-refractivity contribution in [2.24, 2.45) is 0 Å². The summed E-state index contributed by atoms with van der Waals surface area (Å²) in [6.07, 6.45) is 3.75. The van der Waals surface area contributed by atoms with Crippen LogP contribution in [0.1, 0.15) is 25.8 Å². The molecule has 0 saturated carbocycles. The molecule has 112 valence electrons. The first-order valence-corrected chi connectivity index (χ1v) is 7.12. The van der Waals surface area contributed by atoms with Crippen molar-refractivity contribution in [2.45, 2.75) is 32.4 Å². The highest BCUT2D eigenvalue weighted by Crippen LogP contribution is 2.23. The zero-order valence-electron chi connectivity index (χ0n) is 12.4. The summed E-state index contributed by atoms with van der Waals surface area (Å²) in [7, 11) is 0. The van der Waals surface area contributed by atoms with Crippen LogP contribution in [0.4, 0.5) is 5.82 Å². The first-order chi connectivity index (χ1) is 10.0. The maximum Gasteiger partial charge on any atom is 0.293 e. The van der Waals surface area contributed by atoms with E-state index in [4.69, 9.17) is 0 Å². The minimum absolute atomic E-state index is 0.139. The average Bonchev–Trinajstić information content (AvgIpc) is 2.50. The first-order valence-electron chi connectivity index (χ1n) is 7.12. The zero-order valence-corrected chi connectivity index (χ0v) is 12.4. The Bertz CT molecular complexity index is 635. The van der Waals surface area contributed by atoms with Gasteiger partial charge in [0.25, 0.3) is 5.56 Å². The number of aryl methyl sites for hydroxylation is 1. The molecule has 2 N–H and O–H groups in total. The van der Waals surface area contributed by atoms with Crippen LogP contribution in [0.25, 0.3) is 0 Å². The molecule has 0 fully saturated rings. The van der Waals surface area contributed by atoms with Crippen molar-refractivity contribution < 1.29 is 5.11 Å². The predicted molar refractivity (Wildman–Crippen MR) is 83.3 cm³/mol. The van der Waals surface area contributed by atoms with Gasteiger partial charge in [-0.1, -0.05) is 30.3 Å². The fraction of sp³-hybridized carbons (Fsp3) is 0.375. The minimum atomic E-state index is -0.938. The van der Waals surface area contributed by atoms with E-state index in [1.807, 2.05) is 37.3 Å². The molecule has 1 unspecified atom stereocenters. The highest BCUT2D eigenvalue weighted by Gasteiger charge is 2.22. The molecule has 1 aromatic carbocycles. The van der Waals surface area contributed by atoms with Gasteiger partial charge in [-0.15, -0.1) is 0 Å². The molecule has 0 aliphatic carbocycles. The van der Waals surface area contributed by atoms with Gasteiger partial charge in [-0.25, -0.2) is 4.98 Å². The van der Waals surface area contributed by atoms with E-state index < -0.39 is 5.60 Å². The van der Waals surface area contributed by atoms with Gasteiger partial charge in [-0.05, 0) is 25.8 Å². The summed E-state index contributed by atoms with van der Waals surface area (Å²) in [5.41, 5.74) is -0.217. The normalized spacial score (nSPS) is 13.7. The zero-order chi connectivity index (χ0) is 15.3. The lowest BCUT2D eigenvalue weighted by Gasteiger charge is -2.24. The van der Waals surface area contributed by atoms with Crippen molar-refractivity contribution in [3.05, 3.63) is 58.6 Å². The van der Waals surface area contributed by atoms with Crippen molar-refractivity contribution in [1.82, 2.24) is 9.55 Å². The maximum atomic E-state index is 12.0. The van der Waals surface area contributed by atoms with Gasteiger partial charge in [0, 0.05) is 25.5 Å². The second-order valence-corrected chi connectivity index (χ2v) is 5.18. The van der Waals surface area contributed by atoms with Crippen LogP contribution >= 0.6 is 0 Å². The molecule has 1 atom stereocenters. The molecule has 0 aliphatic rings. The smallest absolute Gasteiger partial charge is 0.293 e. The minimum Gasteiger partial charge on any atom is -0.385 e. The molecule has 1 heterocycles. The number of nitrogens with zero attached hydrogens (tertiary/aromatic N) is 2. The number of aliphatic hydroxyl groups is 1. The van der Waals surface area contributed by atoms with Crippen LogP contribution in [-0.2, 0) is 12.1 Å². The monoisotopic (exact) mass is 287 g/mol.